The van der Waals surface area contributed by atoms with Gasteiger partial charge in [0.05, 0.1) is 17.0 Å². The van der Waals surface area contributed by atoms with Gasteiger partial charge in [0.1, 0.15) is 11.6 Å². The molecule has 0 bridgehead atoms. The monoisotopic (exact) mass is 412 g/mol. The second-order valence-electron chi connectivity index (χ2n) is 6.00. The minimum absolute atomic E-state index is 0.0659. The van der Waals surface area contributed by atoms with Crippen LogP contribution in [-0.4, -0.2) is 56.8 Å². The van der Waals surface area contributed by atoms with Crippen LogP contribution in [0.4, 0.5) is 4.39 Å². The highest BCUT2D eigenvalue weighted by Gasteiger charge is 2.30. The molecule has 1 fully saturated rings. The van der Waals surface area contributed by atoms with Gasteiger partial charge in [-0.15, -0.1) is 0 Å². The molecule has 1 saturated heterocycles. The average molecular weight is 413 g/mol. The maximum atomic E-state index is 13.3. The molecule has 3 rings (SSSR count). The van der Waals surface area contributed by atoms with Crippen molar-refractivity contribution in [3.63, 3.8) is 0 Å². The summed E-state index contributed by atoms with van der Waals surface area (Å²) in [6, 6.07) is 10.1. The number of halogens is 2. The molecule has 1 aliphatic rings. The maximum absolute atomic E-state index is 13.3. The Morgan fingerprint density at radius 2 is 1.70 bits per heavy atom. The number of hydrogen-bond acceptors (Lipinski definition) is 4. The first kappa shape index (κ1) is 19.6. The van der Waals surface area contributed by atoms with Crippen LogP contribution in [0.15, 0.2) is 47.4 Å². The zero-order valence-electron chi connectivity index (χ0n) is 14.6. The first-order valence-corrected chi connectivity index (χ1v) is 10.0. The number of amides is 1. The van der Waals surface area contributed by atoms with E-state index in [1.807, 2.05) is 0 Å². The van der Waals surface area contributed by atoms with E-state index < -0.39 is 15.8 Å². The van der Waals surface area contributed by atoms with Gasteiger partial charge in [0.15, 0.2) is 0 Å². The molecule has 1 aliphatic heterocycles. The van der Waals surface area contributed by atoms with Crippen molar-refractivity contribution in [2.24, 2.45) is 0 Å². The summed E-state index contributed by atoms with van der Waals surface area (Å²) < 4.78 is 45.0. The summed E-state index contributed by atoms with van der Waals surface area (Å²) >= 11 is 5.69. The lowest BCUT2D eigenvalue weighted by Gasteiger charge is -2.34. The van der Waals surface area contributed by atoms with Crippen LogP contribution in [0.2, 0.25) is 5.02 Å². The Morgan fingerprint density at radius 1 is 1.07 bits per heavy atom. The van der Waals surface area contributed by atoms with E-state index in [9.17, 15) is 17.6 Å². The molecule has 0 radical (unpaired) electrons. The molecule has 1 heterocycles. The molecule has 27 heavy (non-hydrogen) atoms. The van der Waals surface area contributed by atoms with E-state index in [1.165, 1.54) is 10.4 Å². The van der Waals surface area contributed by atoms with Crippen molar-refractivity contribution in [2.45, 2.75) is 4.90 Å². The Hall–Kier alpha value is -2.16. The van der Waals surface area contributed by atoms with Crippen LogP contribution < -0.4 is 4.74 Å². The highest BCUT2D eigenvalue weighted by Crippen LogP contribution is 2.23. The zero-order chi connectivity index (χ0) is 19.6. The molecule has 0 atom stereocenters. The summed E-state index contributed by atoms with van der Waals surface area (Å²) in [5.74, 6) is -0.189. The average Bonchev–Trinajstić information content (AvgIpc) is 2.69. The van der Waals surface area contributed by atoms with Crippen molar-refractivity contribution >= 4 is 27.5 Å². The SMILES string of the molecule is COc1ccc(C(=O)N2CCN(S(=O)(=O)c3ccc(F)c(Cl)c3)CC2)cc1. The third kappa shape index (κ3) is 4.07. The summed E-state index contributed by atoms with van der Waals surface area (Å²) in [6.45, 7) is 0.830. The lowest BCUT2D eigenvalue weighted by molar-refractivity contribution is 0.0698. The van der Waals surface area contributed by atoms with Crippen molar-refractivity contribution in [1.29, 1.82) is 0 Å². The molecule has 6 nitrogen and oxygen atoms in total. The number of methoxy groups -OCH3 is 1. The van der Waals surface area contributed by atoms with E-state index in [4.69, 9.17) is 16.3 Å². The molecule has 144 valence electrons. The van der Waals surface area contributed by atoms with Gasteiger partial charge in [0.25, 0.3) is 5.91 Å². The summed E-state index contributed by atoms with van der Waals surface area (Å²) in [4.78, 5) is 14.1. The van der Waals surface area contributed by atoms with Crippen LogP contribution in [-0.2, 0) is 10.0 Å². The fraction of sp³-hybridized carbons (Fsp3) is 0.278. The van der Waals surface area contributed by atoms with Crippen molar-refractivity contribution in [3.8, 4) is 5.75 Å². The van der Waals surface area contributed by atoms with Crippen LogP contribution in [0.5, 0.6) is 5.75 Å². The zero-order valence-corrected chi connectivity index (χ0v) is 16.1. The Balaban J connectivity index is 1.68. The predicted molar refractivity (Wildman–Crippen MR) is 99.1 cm³/mol. The molecule has 1 amide bonds. The molecule has 0 N–H and O–H groups in total. The van der Waals surface area contributed by atoms with Crippen molar-refractivity contribution in [2.75, 3.05) is 33.3 Å². The molecule has 0 aromatic heterocycles. The fourth-order valence-corrected chi connectivity index (χ4v) is 4.53. The summed E-state index contributed by atoms with van der Waals surface area (Å²) in [5, 5.41) is -0.246. The Morgan fingerprint density at radius 3 is 2.26 bits per heavy atom. The second kappa shape index (κ2) is 7.84. The molecule has 0 unspecified atom stereocenters. The van der Waals surface area contributed by atoms with Crippen molar-refractivity contribution in [1.82, 2.24) is 9.21 Å². The van der Waals surface area contributed by atoms with Crippen LogP contribution in [0, 0.1) is 5.82 Å². The number of ether oxygens (including phenoxy) is 1. The molecule has 9 heteroatoms. The normalized spacial score (nSPS) is 15.6. The third-order valence-electron chi connectivity index (χ3n) is 4.39. The van der Waals surface area contributed by atoms with Gasteiger partial charge in [0, 0.05) is 31.7 Å². The lowest BCUT2D eigenvalue weighted by atomic mass is 10.2. The van der Waals surface area contributed by atoms with Gasteiger partial charge in [-0.05, 0) is 42.5 Å². The van der Waals surface area contributed by atoms with Gasteiger partial charge in [0.2, 0.25) is 10.0 Å². The summed E-state index contributed by atoms with van der Waals surface area (Å²) in [7, 11) is -2.25. The van der Waals surface area contributed by atoms with Crippen molar-refractivity contribution < 1.29 is 22.3 Å². The van der Waals surface area contributed by atoms with Gasteiger partial charge >= 0.3 is 0 Å². The first-order valence-electron chi connectivity index (χ1n) is 8.21. The van der Waals surface area contributed by atoms with Gasteiger partial charge in [-0.3, -0.25) is 4.79 Å². The van der Waals surface area contributed by atoms with Crippen LogP contribution in [0.25, 0.3) is 0 Å². The smallest absolute Gasteiger partial charge is 0.253 e. The molecule has 0 aliphatic carbocycles. The van der Waals surface area contributed by atoms with E-state index in [2.05, 4.69) is 0 Å². The van der Waals surface area contributed by atoms with Crippen LogP contribution >= 0.6 is 11.6 Å². The highest BCUT2D eigenvalue weighted by atomic mass is 35.5. The summed E-state index contributed by atoms with van der Waals surface area (Å²) in [5.41, 5.74) is 0.512. The second-order valence-corrected chi connectivity index (χ2v) is 8.35. The quantitative estimate of drug-likeness (QED) is 0.774. The topological polar surface area (TPSA) is 66.9 Å². The molecular formula is C18H18ClFN2O4S. The number of nitrogens with zero attached hydrogens (tertiary/aromatic N) is 2. The number of piperazine rings is 1. The van der Waals surface area contributed by atoms with Gasteiger partial charge in [-0.2, -0.15) is 4.31 Å². The Bertz CT molecular complexity index is 942. The summed E-state index contributed by atoms with van der Waals surface area (Å²) in [6.07, 6.45) is 0. The van der Waals surface area contributed by atoms with Crippen molar-refractivity contribution in [3.05, 3.63) is 58.9 Å². The molecule has 0 saturated carbocycles. The Labute approximate surface area is 162 Å². The fourth-order valence-electron chi connectivity index (χ4n) is 2.83. The van der Waals surface area contributed by atoms with E-state index in [0.717, 1.165) is 12.1 Å². The molecule has 0 spiro atoms. The minimum atomic E-state index is -3.80. The number of hydrogen-bond donors (Lipinski definition) is 0. The highest BCUT2D eigenvalue weighted by molar-refractivity contribution is 7.89. The number of rotatable bonds is 4. The predicted octanol–water partition coefficient (Wildman–Crippen LogP) is 2.63. The number of carbonyl (C=O) groups excluding carboxylic acids is 1. The van der Waals surface area contributed by atoms with E-state index in [1.54, 1.807) is 36.3 Å². The van der Waals surface area contributed by atoms with Crippen LogP contribution in [0.1, 0.15) is 10.4 Å². The number of benzene rings is 2. The van der Waals surface area contributed by atoms with Gasteiger partial charge < -0.3 is 9.64 Å². The third-order valence-corrected chi connectivity index (χ3v) is 6.58. The Kier molecular flexibility index (Phi) is 5.69. The molecule has 2 aromatic rings. The standard InChI is InChI=1S/C18H18ClFN2O4S/c1-26-14-4-2-13(3-5-14)18(23)21-8-10-22(11-9-21)27(24,25)15-6-7-17(20)16(19)12-15/h2-7,12H,8-11H2,1H3. The molecule has 2 aromatic carbocycles. The van der Waals surface area contributed by atoms with E-state index in [-0.39, 0.29) is 42.0 Å². The first-order chi connectivity index (χ1) is 12.8. The lowest BCUT2D eigenvalue weighted by Crippen LogP contribution is -2.50. The number of sulfonamides is 1. The van der Waals surface area contributed by atoms with Gasteiger partial charge in [-0.1, -0.05) is 11.6 Å². The van der Waals surface area contributed by atoms with E-state index >= 15 is 0 Å². The minimum Gasteiger partial charge on any atom is -0.497 e. The van der Waals surface area contributed by atoms with Gasteiger partial charge in [-0.25, -0.2) is 12.8 Å². The number of carbonyl (C=O) groups is 1. The molecular weight excluding hydrogens is 395 g/mol. The largest absolute Gasteiger partial charge is 0.497 e. The van der Waals surface area contributed by atoms with E-state index in [0.29, 0.717) is 11.3 Å². The maximum Gasteiger partial charge on any atom is 0.253 e. The van der Waals surface area contributed by atoms with Crippen LogP contribution in [0.3, 0.4) is 0 Å².